The largest absolute Gasteiger partial charge is 0.494 e. The lowest BCUT2D eigenvalue weighted by molar-refractivity contribution is 0.197. The van der Waals surface area contributed by atoms with Gasteiger partial charge in [-0.05, 0) is 106 Å². The number of hydrogen-bond acceptors (Lipinski definition) is 2. The molecule has 0 unspecified atom stereocenters. The molecule has 0 saturated carbocycles. The van der Waals surface area contributed by atoms with Crippen molar-refractivity contribution in [3.63, 3.8) is 0 Å². The summed E-state index contributed by atoms with van der Waals surface area (Å²) in [7, 11) is 0. The molecule has 0 aromatic heterocycles. The summed E-state index contributed by atoms with van der Waals surface area (Å²) < 4.78 is 6.09. The van der Waals surface area contributed by atoms with Crippen LogP contribution in [-0.2, 0) is 12.8 Å². The standard InChI is InChI=1S/C26H33NO/c1-19-7-8-22(20(2)16-19)6-4-15-28-25-11-12-26-21(3)24(10-9-23(26)17-25)18-27-13-5-14-27/h7-8,11-12,16-17H,4-6,9-10,13-15,18H2,1-3H3. The van der Waals surface area contributed by atoms with Crippen molar-refractivity contribution in [3.05, 3.63) is 69.8 Å². The summed E-state index contributed by atoms with van der Waals surface area (Å²) in [6.07, 6.45) is 5.85. The number of nitrogens with zero attached hydrogens (tertiary/aromatic N) is 1. The first kappa shape index (κ1) is 19.3. The van der Waals surface area contributed by atoms with Gasteiger partial charge < -0.3 is 4.74 Å². The van der Waals surface area contributed by atoms with Gasteiger partial charge in [-0.15, -0.1) is 0 Å². The molecule has 1 aliphatic carbocycles. The Kier molecular flexibility index (Phi) is 5.87. The fourth-order valence-electron chi connectivity index (χ4n) is 4.48. The Morgan fingerprint density at radius 3 is 2.57 bits per heavy atom. The van der Waals surface area contributed by atoms with Gasteiger partial charge in [0.1, 0.15) is 5.75 Å². The van der Waals surface area contributed by atoms with E-state index in [1.807, 2.05) is 0 Å². The maximum atomic E-state index is 6.09. The first-order valence-corrected chi connectivity index (χ1v) is 10.8. The molecule has 0 amide bonds. The van der Waals surface area contributed by atoms with Crippen molar-refractivity contribution in [2.24, 2.45) is 0 Å². The molecule has 0 spiro atoms. The molecule has 0 N–H and O–H groups in total. The zero-order chi connectivity index (χ0) is 19.5. The molecule has 2 heteroatoms. The van der Waals surface area contributed by atoms with Gasteiger partial charge in [-0.2, -0.15) is 0 Å². The molecule has 2 aromatic carbocycles. The first-order valence-electron chi connectivity index (χ1n) is 10.8. The zero-order valence-electron chi connectivity index (χ0n) is 17.7. The highest BCUT2D eigenvalue weighted by Crippen LogP contribution is 2.34. The molecule has 2 nitrogen and oxygen atoms in total. The molecule has 2 aromatic rings. The average molecular weight is 376 g/mol. The summed E-state index contributed by atoms with van der Waals surface area (Å²) >= 11 is 0. The highest BCUT2D eigenvalue weighted by Gasteiger charge is 2.21. The summed E-state index contributed by atoms with van der Waals surface area (Å²) in [5.74, 6) is 1.03. The van der Waals surface area contributed by atoms with E-state index < -0.39 is 0 Å². The van der Waals surface area contributed by atoms with Gasteiger partial charge in [-0.1, -0.05) is 35.4 Å². The molecule has 1 heterocycles. The van der Waals surface area contributed by atoms with E-state index >= 15 is 0 Å². The lowest BCUT2D eigenvalue weighted by Gasteiger charge is -2.33. The third kappa shape index (κ3) is 4.33. The van der Waals surface area contributed by atoms with Crippen LogP contribution in [0.3, 0.4) is 0 Å². The molecule has 148 valence electrons. The molecule has 2 aliphatic rings. The maximum Gasteiger partial charge on any atom is 0.119 e. The van der Waals surface area contributed by atoms with Gasteiger partial charge in [0.15, 0.2) is 0 Å². The summed E-state index contributed by atoms with van der Waals surface area (Å²) in [5.41, 5.74) is 10.2. The van der Waals surface area contributed by atoms with Crippen LogP contribution in [-0.4, -0.2) is 31.1 Å². The molecule has 0 radical (unpaired) electrons. The van der Waals surface area contributed by atoms with E-state index in [2.05, 4.69) is 62.1 Å². The number of allylic oxidation sites excluding steroid dienone is 1. The normalized spacial score (nSPS) is 16.7. The fourth-order valence-corrected chi connectivity index (χ4v) is 4.48. The average Bonchev–Trinajstić information content (AvgIpc) is 2.64. The molecule has 1 fully saturated rings. The first-order chi connectivity index (χ1) is 13.6. The molecular weight excluding hydrogens is 342 g/mol. The number of fused-ring (bicyclic) bond motifs is 1. The summed E-state index contributed by atoms with van der Waals surface area (Å²) in [4.78, 5) is 2.57. The lowest BCUT2D eigenvalue weighted by atomic mass is 9.85. The van der Waals surface area contributed by atoms with Gasteiger partial charge in [0.2, 0.25) is 0 Å². The Morgan fingerprint density at radius 2 is 1.82 bits per heavy atom. The van der Waals surface area contributed by atoms with Gasteiger partial charge in [0.25, 0.3) is 0 Å². The third-order valence-corrected chi connectivity index (χ3v) is 6.43. The van der Waals surface area contributed by atoms with Crippen molar-refractivity contribution in [2.75, 3.05) is 26.2 Å². The van der Waals surface area contributed by atoms with Gasteiger partial charge in [-0.25, -0.2) is 0 Å². The SMILES string of the molecule is CC1=C(CN2CCC2)CCc2cc(OCCCc3ccc(C)cc3C)ccc21. The number of benzene rings is 2. The van der Waals surface area contributed by atoms with Crippen molar-refractivity contribution >= 4 is 5.57 Å². The van der Waals surface area contributed by atoms with Crippen LogP contribution in [0.15, 0.2) is 42.0 Å². The Hall–Kier alpha value is -2.06. The fraction of sp³-hybridized carbons (Fsp3) is 0.462. The number of ether oxygens (including phenoxy) is 1. The van der Waals surface area contributed by atoms with Gasteiger partial charge in [0, 0.05) is 6.54 Å². The van der Waals surface area contributed by atoms with E-state index in [0.717, 1.165) is 31.6 Å². The minimum atomic E-state index is 0.779. The van der Waals surface area contributed by atoms with Crippen molar-refractivity contribution in [1.82, 2.24) is 4.90 Å². The Morgan fingerprint density at radius 1 is 0.964 bits per heavy atom. The maximum absolute atomic E-state index is 6.09. The Labute approximate surface area is 170 Å². The van der Waals surface area contributed by atoms with E-state index in [1.54, 1.807) is 5.57 Å². The highest BCUT2D eigenvalue weighted by molar-refractivity contribution is 5.72. The van der Waals surface area contributed by atoms with Crippen LogP contribution in [0, 0.1) is 13.8 Å². The van der Waals surface area contributed by atoms with E-state index in [-0.39, 0.29) is 0 Å². The second-order valence-electron chi connectivity index (χ2n) is 8.56. The van der Waals surface area contributed by atoms with Crippen molar-refractivity contribution < 1.29 is 4.74 Å². The van der Waals surface area contributed by atoms with Crippen molar-refractivity contribution in [3.8, 4) is 5.75 Å². The molecular formula is C26H33NO. The zero-order valence-corrected chi connectivity index (χ0v) is 17.7. The van der Waals surface area contributed by atoms with Crippen molar-refractivity contribution in [2.45, 2.75) is 52.9 Å². The quantitative estimate of drug-likeness (QED) is 0.572. The summed E-state index contributed by atoms with van der Waals surface area (Å²) in [6, 6.07) is 13.4. The van der Waals surface area contributed by atoms with Crippen LogP contribution < -0.4 is 4.74 Å². The molecule has 0 bridgehead atoms. The molecule has 4 rings (SSSR count). The second-order valence-corrected chi connectivity index (χ2v) is 8.56. The Bertz CT molecular complexity index is 876. The third-order valence-electron chi connectivity index (χ3n) is 6.43. The monoisotopic (exact) mass is 375 g/mol. The minimum absolute atomic E-state index is 0.779. The van der Waals surface area contributed by atoms with Crippen LogP contribution in [0.25, 0.3) is 5.57 Å². The van der Waals surface area contributed by atoms with Crippen LogP contribution in [0.5, 0.6) is 5.75 Å². The number of hydrogen-bond donors (Lipinski definition) is 0. The van der Waals surface area contributed by atoms with E-state index in [0.29, 0.717) is 0 Å². The molecule has 0 atom stereocenters. The van der Waals surface area contributed by atoms with E-state index in [1.165, 1.54) is 65.9 Å². The van der Waals surface area contributed by atoms with Crippen LogP contribution >= 0.6 is 0 Å². The van der Waals surface area contributed by atoms with Crippen LogP contribution in [0.4, 0.5) is 0 Å². The van der Waals surface area contributed by atoms with Gasteiger partial charge in [0.05, 0.1) is 6.61 Å². The molecule has 1 aliphatic heterocycles. The molecule has 28 heavy (non-hydrogen) atoms. The summed E-state index contributed by atoms with van der Waals surface area (Å²) in [5, 5.41) is 0. The smallest absolute Gasteiger partial charge is 0.119 e. The van der Waals surface area contributed by atoms with Crippen LogP contribution in [0.1, 0.15) is 54.0 Å². The predicted molar refractivity (Wildman–Crippen MR) is 118 cm³/mol. The minimum Gasteiger partial charge on any atom is -0.494 e. The van der Waals surface area contributed by atoms with Gasteiger partial charge >= 0.3 is 0 Å². The number of aryl methyl sites for hydroxylation is 4. The second kappa shape index (κ2) is 8.53. The van der Waals surface area contributed by atoms with E-state index in [9.17, 15) is 0 Å². The Balaban J connectivity index is 1.33. The number of likely N-dealkylation sites (tertiary alicyclic amines) is 1. The van der Waals surface area contributed by atoms with E-state index in [4.69, 9.17) is 4.74 Å². The summed E-state index contributed by atoms with van der Waals surface area (Å²) in [6.45, 7) is 11.2. The van der Waals surface area contributed by atoms with Crippen LogP contribution in [0.2, 0.25) is 0 Å². The topological polar surface area (TPSA) is 12.5 Å². The van der Waals surface area contributed by atoms with Gasteiger partial charge in [-0.3, -0.25) is 4.90 Å². The number of rotatable bonds is 7. The highest BCUT2D eigenvalue weighted by atomic mass is 16.5. The predicted octanol–water partition coefficient (Wildman–Crippen LogP) is 5.74. The molecule has 1 saturated heterocycles. The lowest BCUT2D eigenvalue weighted by Crippen LogP contribution is -2.38. The van der Waals surface area contributed by atoms with Crippen molar-refractivity contribution in [1.29, 1.82) is 0 Å².